The Morgan fingerprint density at radius 1 is 1.31 bits per heavy atom. The second-order valence-electron chi connectivity index (χ2n) is 8.16. The van der Waals surface area contributed by atoms with Crippen LogP contribution in [-0.2, 0) is 21.6 Å². The summed E-state index contributed by atoms with van der Waals surface area (Å²) in [6.07, 6.45) is 2.42. The summed E-state index contributed by atoms with van der Waals surface area (Å²) in [7, 11) is 1.79. The summed E-state index contributed by atoms with van der Waals surface area (Å²) in [5.74, 6) is 0.114. The molecule has 2 aliphatic rings. The summed E-state index contributed by atoms with van der Waals surface area (Å²) in [5, 5.41) is 5.96. The summed E-state index contributed by atoms with van der Waals surface area (Å²) in [6, 6.07) is 2.02. The first-order chi connectivity index (χ1) is 12.2. The minimum Gasteiger partial charge on any atom is -0.370 e. The Morgan fingerprint density at radius 2 is 2.00 bits per heavy atom. The Balaban J connectivity index is 1.77. The Hall–Kier alpha value is -1.44. The van der Waals surface area contributed by atoms with E-state index in [1.165, 1.54) is 4.88 Å². The maximum atomic E-state index is 12.6. The number of fused-ring (bicyclic) bond motifs is 2. The fourth-order valence-corrected chi connectivity index (χ4v) is 4.85. The molecule has 3 heterocycles. The van der Waals surface area contributed by atoms with Crippen LogP contribution in [0.25, 0.3) is 0 Å². The first-order valence-corrected chi connectivity index (χ1v) is 10.1. The standard InChI is InChI=1S/C19H29N3O3S/c1-18(2,3)21-17(24)15-11-13-14(26-15)5-10-25-19(13)6-8-22(9-7-19)16(23)12-20-4/h11,20H,5-10,12H2,1-4H3,(H,21,24). The smallest absolute Gasteiger partial charge is 0.261 e. The number of piperidine rings is 1. The molecule has 0 atom stereocenters. The van der Waals surface area contributed by atoms with E-state index in [1.54, 1.807) is 18.4 Å². The number of rotatable bonds is 3. The monoisotopic (exact) mass is 379 g/mol. The van der Waals surface area contributed by atoms with Gasteiger partial charge in [-0.3, -0.25) is 9.59 Å². The number of likely N-dealkylation sites (N-methyl/N-ethyl adjacent to an activating group) is 1. The zero-order valence-electron chi connectivity index (χ0n) is 16.1. The fraction of sp³-hybridized carbons (Fsp3) is 0.684. The lowest BCUT2D eigenvalue weighted by Crippen LogP contribution is -2.49. The van der Waals surface area contributed by atoms with Gasteiger partial charge in [0, 0.05) is 29.9 Å². The van der Waals surface area contributed by atoms with Gasteiger partial charge in [0.1, 0.15) is 0 Å². The van der Waals surface area contributed by atoms with Crippen molar-refractivity contribution >= 4 is 23.2 Å². The van der Waals surface area contributed by atoms with Gasteiger partial charge in [0.2, 0.25) is 5.91 Å². The normalized spacial score (nSPS) is 19.3. The van der Waals surface area contributed by atoms with Crippen LogP contribution in [0.2, 0.25) is 0 Å². The number of likely N-dealkylation sites (tertiary alicyclic amines) is 1. The molecule has 2 N–H and O–H groups in total. The van der Waals surface area contributed by atoms with Gasteiger partial charge in [-0.25, -0.2) is 0 Å². The van der Waals surface area contributed by atoms with E-state index >= 15 is 0 Å². The van der Waals surface area contributed by atoms with Crippen LogP contribution in [0.4, 0.5) is 0 Å². The SMILES string of the molecule is CNCC(=O)N1CCC2(CC1)OCCc1sc(C(=O)NC(C)(C)C)cc12. The van der Waals surface area contributed by atoms with Crippen LogP contribution >= 0.6 is 11.3 Å². The van der Waals surface area contributed by atoms with Gasteiger partial charge >= 0.3 is 0 Å². The van der Waals surface area contributed by atoms with E-state index in [-0.39, 0.29) is 23.0 Å². The van der Waals surface area contributed by atoms with E-state index in [9.17, 15) is 9.59 Å². The minimum atomic E-state index is -0.346. The Morgan fingerprint density at radius 3 is 2.62 bits per heavy atom. The lowest BCUT2D eigenvalue weighted by atomic mass is 9.82. The molecule has 0 aromatic carbocycles. The number of thiophene rings is 1. The van der Waals surface area contributed by atoms with Crippen LogP contribution in [0.15, 0.2) is 6.07 Å². The van der Waals surface area contributed by atoms with Crippen molar-refractivity contribution in [1.29, 1.82) is 0 Å². The van der Waals surface area contributed by atoms with Gasteiger partial charge in [-0.2, -0.15) is 0 Å². The molecule has 1 aromatic rings. The molecule has 3 rings (SSSR count). The van der Waals surface area contributed by atoms with Gasteiger partial charge in [0.05, 0.1) is 23.6 Å². The molecular weight excluding hydrogens is 350 g/mol. The number of hydrogen-bond acceptors (Lipinski definition) is 5. The van der Waals surface area contributed by atoms with Crippen molar-refractivity contribution in [1.82, 2.24) is 15.5 Å². The molecule has 7 heteroatoms. The first-order valence-electron chi connectivity index (χ1n) is 9.26. The third-order valence-electron chi connectivity index (χ3n) is 4.97. The van der Waals surface area contributed by atoms with Crippen molar-refractivity contribution in [3.8, 4) is 0 Å². The molecule has 0 saturated carbocycles. The number of carbonyl (C=O) groups is 2. The second kappa shape index (κ2) is 7.29. The van der Waals surface area contributed by atoms with E-state index in [2.05, 4.69) is 10.6 Å². The highest BCUT2D eigenvalue weighted by Crippen LogP contribution is 2.44. The van der Waals surface area contributed by atoms with Crippen LogP contribution in [0.5, 0.6) is 0 Å². The number of nitrogens with one attached hydrogen (secondary N) is 2. The van der Waals surface area contributed by atoms with Gasteiger partial charge in [-0.15, -0.1) is 11.3 Å². The lowest BCUT2D eigenvalue weighted by Gasteiger charge is -2.44. The third kappa shape index (κ3) is 3.94. The average Bonchev–Trinajstić information content (AvgIpc) is 3.00. The van der Waals surface area contributed by atoms with Crippen LogP contribution in [0.3, 0.4) is 0 Å². The van der Waals surface area contributed by atoms with E-state index in [4.69, 9.17) is 4.74 Å². The van der Waals surface area contributed by atoms with Crippen LogP contribution in [-0.4, -0.2) is 55.5 Å². The molecular formula is C19H29N3O3S. The quantitative estimate of drug-likeness (QED) is 0.841. The number of hydrogen-bond donors (Lipinski definition) is 2. The Labute approximate surface area is 159 Å². The van der Waals surface area contributed by atoms with Crippen LogP contribution < -0.4 is 10.6 Å². The van der Waals surface area contributed by atoms with Crippen molar-refractivity contribution in [2.24, 2.45) is 0 Å². The molecule has 1 spiro atoms. The molecule has 1 fully saturated rings. The molecule has 0 unspecified atom stereocenters. The fourth-order valence-electron chi connectivity index (χ4n) is 3.73. The highest BCUT2D eigenvalue weighted by molar-refractivity contribution is 7.14. The van der Waals surface area contributed by atoms with Gasteiger partial charge in [-0.1, -0.05) is 0 Å². The topological polar surface area (TPSA) is 70.7 Å². The zero-order valence-corrected chi connectivity index (χ0v) is 16.9. The zero-order chi connectivity index (χ0) is 18.9. The lowest BCUT2D eigenvalue weighted by molar-refractivity contribution is -0.139. The molecule has 0 radical (unpaired) electrons. The maximum absolute atomic E-state index is 12.6. The molecule has 0 bridgehead atoms. The van der Waals surface area contributed by atoms with Crippen molar-refractivity contribution in [2.45, 2.75) is 51.2 Å². The number of ether oxygens (including phenoxy) is 1. The van der Waals surface area contributed by atoms with Gasteiger partial charge in [0.25, 0.3) is 5.91 Å². The summed E-state index contributed by atoms with van der Waals surface area (Å²) in [5.41, 5.74) is 0.559. The molecule has 144 valence electrons. The summed E-state index contributed by atoms with van der Waals surface area (Å²) in [4.78, 5) is 28.6. The molecule has 1 aromatic heterocycles. The predicted molar refractivity (Wildman–Crippen MR) is 103 cm³/mol. The number of nitrogens with zero attached hydrogens (tertiary/aromatic N) is 1. The number of amides is 2. The van der Waals surface area contributed by atoms with Gasteiger partial charge in [0.15, 0.2) is 0 Å². The van der Waals surface area contributed by atoms with Crippen LogP contribution in [0.1, 0.15) is 53.7 Å². The van der Waals surface area contributed by atoms with E-state index < -0.39 is 0 Å². The Kier molecular flexibility index (Phi) is 5.42. The molecule has 1 saturated heterocycles. The highest BCUT2D eigenvalue weighted by atomic mass is 32.1. The van der Waals surface area contributed by atoms with E-state index in [1.807, 2.05) is 31.7 Å². The average molecular weight is 380 g/mol. The molecule has 2 aliphatic heterocycles. The largest absolute Gasteiger partial charge is 0.370 e. The van der Waals surface area contributed by atoms with Gasteiger partial charge in [-0.05, 0) is 52.3 Å². The highest BCUT2D eigenvalue weighted by Gasteiger charge is 2.43. The van der Waals surface area contributed by atoms with E-state index in [0.717, 1.165) is 29.7 Å². The van der Waals surface area contributed by atoms with Crippen molar-refractivity contribution in [3.05, 3.63) is 21.4 Å². The molecule has 26 heavy (non-hydrogen) atoms. The first kappa shape index (κ1) is 19.3. The van der Waals surface area contributed by atoms with Crippen molar-refractivity contribution in [2.75, 3.05) is 33.3 Å². The predicted octanol–water partition coefficient (Wildman–Crippen LogP) is 1.89. The van der Waals surface area contributed by atoms with Crippen molar-refractivity contribution < 1.29 is 14.3 Å². The third-order valence-corrected chi connectivity index (χ3v) is 6.17. The minimum absolute atomic E-state index is 0.0197. The molecule has 6 nitrogen and oxygen atoms in total. The van der Waals surface area contributed by atoms with Gasteiger partial charge < -0.3 is 20.3 Å². The summed E-state index contributed by atoms with van der Waals surface area (Å²) < 4.78 is 6.24. The van der Waals surface area contributed by atoms with Crippen LogP contribution in [0, 0.1) is 0 Å². The maximum Gasteiger partial charge on any atom is 0.261 e. The van der Waals surface area contributed by atoms with E-state index in [0.29, 0.717) is 26.2 Å². The molecule has 0 aliphatic carbocycles. The molecule has 2 amide bonds. The summed E-state index contributed by atoms with van der Waals surface area (Å²) >= 11 is 1.58. The number of carbonyl (C=O) groups excluding carboxylic acids is 2. The Bertz CT molecular complexity index is 685. The second-order valence-corrected chi connectivity index (χ2v) is 9.29. The summed E-state index contributed by atoms with van der Waals surface area (Å²) in [6.45, 7) is 8.40. The van der Waals surface area contributed by atoms with Crippen molar-refractivity contribution in [3.63, 3.8) is 0 Å².